The monoisotopic (exact) mass is 981 g/mol. The van der Waals surface area contributed by atoms with E-state index in [2.05, 4.69) is 30.5 Å². The maximum absolute atomic E-state index is 13.0. The molecule has 5 unspecified atom stereocenters. The van der Waals surface area contributed by atoms with Gasteiger partial charge in [0.25, 0.3) is 0 Å². The molecule has 8 N–H and O–H groups in total. The highest BCUT2D eigenvalue weighted by Gasteiger charge is 2.54. The summed E-state index contributed by atoms with van der Waals surface area (Å²) in [5.74, 6) is -1.31. The van der Waals surface area contributed by atoms with E-state index in [9.17, 15) is 58.9 Å². The highest BCUT2D eigenvalue weighted by atomic mass is 31.2. The first-order valence-corrected chi connectivity index (χ1v) is 27.0. The lowest BCUT2D eigenvalue weighted by Gasteiger charge is -2.43. The Morgan fingerprint density at radius 3 is 1.71 bits per heavy atom. The fourth-order valence-corrected chi connectivity index (χ4v) is 8.43. The van der Waals surface area contributed by atoms with Gasteiger partial charge in [0.05, 0.1) is 12.7 Å². The summed E-state index contributed by atoms with van der Waals surface area (Å²) in [6.45, 7) is 2.92. The number of hydrogen-bond donors (Lipinski definition) is 8. The number of ether oxygens (including phenoxy) is 2. The fourth-order valence-electron chi connectivity index (χ4n) is 6.89. The Labute approximate surface area is 392 Å². The number of unbranched alkanes of at least 4 members (excludes halogenated alkanes) is 14. The molecule has 0 aromatic carbocycles. The molecule has 1 aliphatic rings. The zero-order valence-electron chi connectivity index (χ0n) is 39.2. The minimum Gasteiger partial charge on any atom is -0.462 e. The average Bonchev–Trinajstić information content (AvgIpc) is 3.26. The summed E-state index contributed by atoms with van der Waals surface area (Å²) in [4.78, 5) is 54.2. The van der Waals surface area contributed by atoms with E-state index >= 15 is 0 Å². The maximum Gasteiger partial charge on any atom is 0.472 e. The zero-order valence-corrected chi connectivity index (χ0v) is 41.0. The summed E-state index contributed by atoms with van der Waals surface area (Å²) in [6, 6.07) is 0. The molecule has 0 heterocycles. The van der Waals surface area contributed by atoms with Crippen LogP contribution in [0.15, 0.2) is 60.8 Å². The van der Waals surface area contributed by atoms with Gasteiger partial charge in [0.15, 0.2) is 6.10 Å². The molecule has 1 saturated carbocycles. The van der Waals surface area contributed by atoms with Crippen LogP contribution in [0.4, 0.5) is 0 Å². The van der Waals surface area contributed by atoms with E-state index in [0.29, 0.717) is 25.7 Å². The molecule has 0 spiro atoms. The molecule has 19 heteroatoms. The lowest BCUT2D eigenvalue weighted by atomic mass is 9.85. The summed E-state index contributed by atoms with van der Waals surface area (Å²) in [7, 11) is -10.7. The number of phosphoric ester groups is 2. The van der Waals surface area contributed by atoms with Crippen LogP contribution in [-0.4, -0.2) is 114 Å². The van der Waals surface area contributed by atoms with Crippen molar-refractivity contribution in [1.82, 2.24) is 0 Å². The Kier molecular flexibility index (Phi) is 35.1. The van der Waals surface area contributed by atoms with Crippen molar-refractivity contribution in [1.29, 1.82) is 0 Å². The predicted molar refractivity (Wildman–Crippen MR) is 252 cm³/mol. The van der Waals surface area contributed by atoms with Crippen molar-refractivity contribution < 1.29 is 82.0 Å². The topological polar surface area (TPSA) is 276 Å². The number of allylic oxidation sites excluding steroid dienone is 9. The van der Waals surface area contributed by atoms with Crippen LogP contribution in [0.25, 0.3) is 0 Å². The Hall–Kier alpha value is -2.34. The Morgan fingerprint density at radius 1 is 0.561 bits per heavy atom. The second-order valence-corrected chi connectivity index (χ2v) is 19.3. The minimum absolute atomic E-state index is 0.0113. The number of rotatable bonds is 39. The number of aliphatic hydroxyl groups is 5. The van der Waals surface area contributed by atoms with Crippen LogP contribution in [0.2, 0.25) is 0 Å². The van der Waals surface area contributed by atoms with Gasteiger partial charge >= 0.3 is 27.6 Å². The van der Waals surface area contributed by atoms with Crippen LogP contribution < -0.4 is 0 Å². The van der Waals surface area contributed by atoms with E-state index in [1.165, 1.54) is 38.5 Å². The van der Waals surface area contributed by atoms with Gasteiger partial charge in [0, 0.05) is 12.8 Å². The minimum atomic E-state index is -5.38. The molecular weight excluding hydrogens is 898 g/mol. The first-order chi connectivity index (χ1) is 31.5. The van der Waals surface area contributed by atoms with E-state index in [-0.39, 0.29) is 12.8 Å². The molecule has 0 bridgehead atoms. The molecule has 0 amide bonds. The lowest BCUT2D eigenvalue weighted by Crippen LogP contribution is -2.64. The lowest BCUT2D eigenvalue weighted by molar-refractivity contribution is -0.216. The van der Waals surface area contributed by atoms with Gasteiger partial charge in [-0.05, 0) is 64.2 Å². The van der Waals surface area contributed by atoms with E-state index in [4.69, 9.17) is 18.5 Å². The molecule has 66 heavy (non-hydrogen) atoms. The normalized spacial score (nSPS) is 22.5. The van der Waals surface area contributed by atoms with E-state index in [1.54, 1.807) is 6.08 Å². The highest BCUT2D eigenvalue weighted by Crippen LogP contribution is 2.49. The fraction of sp³-hybridized carbons (Fsp3) is 0.745. The molecular formula is C47H82O17P2. The third-order valence-corrected chi connectivity index (χ3v) is 12.2. The van der Waals surface area contributed by atoms with Gasteiger partial charge in [0.2, 0.25) is 0 Å². The largest absolute Gasteiger partial charge is 0.472 e. The van der Waals surface area contributed by atoms with Crippen LogP contribution in [-0.2, 0) is 41.8 Å². The van der Waals surface area contributed by atoms with Crippen LogP contribution in [0.1, 0.15) is 162 Å². The van der Waals surface area contributed by atoms with Crippen LogP contribution in [0.5, 0.6) is 0 Å². The summed E-state index contributed by atoms with van der Waals surface area (Å²) in [5, 5.41) is 51.1. The first-order valence-electron chi connectivity index (χ1n) is 23.9. The summed E-state index contributed by atoms with van der Waals surface area (Å²) >= 11 is 0. The Bertz CT molecular complexity index is 1530. The Balaban J connectivity index is 2.65. The van der Waals surface area contributed by atoms with Gasteiger partial charge in [0.1, 0.15) is 43.2 Å². The van der Waals surface area contributed by atoms with E-state index < -0.39 is 89.6 Å². The van der Waals surface area contributed by atoms with Crippen molar-refractivity contribution in [3.63, 3.8) is 0 Å². The molecule has 9 atom stereocenters. The van der Waals surface area contributed by atoms with Crippen LogP contribution >= 0.6 is 15.6 Å². The second-order valence-electron chi connectivity index (χ2n) is 16.7. The van der Waals surface area contributed by atoms with Gasteiger partial charge in [-0.3, -0.25) is 23.2 Å². The molecule has 0 aromatic heterocycles. The number of esters is 2. The van der Waals surface area contributed by atoms with Gasteiger partial charge in [-0.1, -0.05) is 145 Å². The predicted octanol–water partition coefficient (Wildman–Crippen LogP) is 8.03. The molecule has 0 aliphatic heterocycles. The third-order valence-electron chi connectivity index (χ3n) is 10.7. The zero-order chi connectivity index (χ0) is 49.1. The molecule has 1 rings (SSSR count). The molecule has 382 valence electrons. The Morgan fingerprint density at radius 2 is 1.08 bits per heavy atom. The van der Waals surface area contributed by atoms with Crippen molar-refractivity contribution in [3.05, 3.63) is 60.8 Å². The smallest absolute Gasteiger partial charge is 0.462 e. The summed E-state index contributed by atoms with van der Waals surface area (Å²) < 4.78 is 49.3. The molecule has 17 nitrogen and oxygen atoms in total. The molecule has 0 radical (unpaired) electrons. The van der Waals surface area contributed by atoms with Gasteiger partial charge in [-0.25, -0.2) is 9.13 Å². The highest BCUT2D eigenvalue weighted by molar-refractivity contribution is 7.47. The summed E-state index contributed by atoms with van der Waals surface area (Å²) in [6.07, 6.45) is 25.1. The van der Waals surface area contributed by atoms with Crippen molar-refractivity contribution in [3.8, 4) is 0 Å². The van der Waals surface area contributed by atoms with Crippen LogP contribution in [0, 0.1) is 0 Å². The SMILES string of the molecule is CCCCCCCC/C=C\CCCCCCCC(=O)O[C@H](COC(=O)CCC/C=C\C/C=C\C/C=C\C=C\[C@H](O)CCCCC)COP(=O)(O)O[C@H]1C(O)C(O)C(O)[C@@H](OP(=O)(O)O)C1O. The van der Waals surface area contributed by atoms with Gasteiger partial charge < -0.3 is 49.7 Å². The molecule has 1 aliphatic carbocycles. The second kappa shape index (κ2) is 37.5. The molecule has 0 saturated heterocycles. The van der Waals surface area contributed by atoms with Crippen molar-refractivity contribution >= 4 is 27.6 Å². The van der Waals surface area contributed by atoms with Crippen molar-refractivity contribution in [2.75, 3.05) is 13.2 Å². The standard InChI is InChI=1S/C47H82O17P2/c1-3-5-7-8-9-10-11-12-13-14-17-21-24-27-31-35-41(50)62-39(37-61-66(58,59)64-47-44(53)42(51)43(52)46(45(47)54)63-65(55,56)57)36-60-40(49)34-30-26-23-20-18-15-16-19-22-25-29-33-38(48)32-28-6-4-2/h12-13,15-16,20,22-23,25,29,33,38-39,42-48,51-54H,3-11,14,17-19,21,24,26-28,30-32,34-37H2,1-2H3,(H,58,59)(H2,55,56,57)/b13-12-,16-15-,23-20-,25-22-,33-29+/t38-,39-,42?,43?,44?,45?,46-,47+/m1/s1. The molecule has 1 fully saturated rings. The number of hydrogen-bond acceptors (Lipinski definition) is 14. The number of carbonyl (C=O) groups is 2. The van der Waals surface area contributed by atoms with E-state index in [0.717, 1.165) is 70.6 Å². The third kappa shape index (κ3) is 31.7. The van der Waals surface area contributed by atoms with Gasteiger partial charge in [-0.15, -0.1) is 0 Å². The van der Waals surface area contributed by atoms with Gasteiger partial charge in [-0.2, -0.15) is 0 Å². The van der Waals surface area contributed by atoms with Crippen molar-refractivity contribution in [2.45, 2.75) is 210 Å². The quantitative estimate of drug-likeness (QED) is 0.00951. The summed E-state index contributed by atoms with van der Waals surface area (Å²) in [5.41, 5.74) is 0. The van der Waals surface area contributed by atoms with E-state index in [1.807, 2.05) is 42.5 Å². The maximum atomic E-state index is 13.0. The number of carbonyl (C=O) groups excluding carboxylic acids is 2. The van der Waals surface area contributed by atoms with Crippen LogP contribution in [0.3, 0.4) is 0 Å². The number of phosphoric acid groups is 2. The first kappa shape index (κ1) is 61.7. The number of aliphatic hydroxyl groups excluding tert-OH is 5. The van der Waals surface area contributed by atoms with Crippen molar-refractivity contribution in [2.24, 2.45) is 0 Å². The molecule has 0 aromatic rings. The average molecular weight is 981 g/mol.